The van der Waals surface area contributed by atoms with Crippen molar-refractivity contribution in [2.75, 3.05) is 32.0 Å². The standard InChI is InChI=1S/C23H27N3O6S/c1-4-13-24-22(27)19-6-5-14-26(19)23(28)16-7-9-17(10-8-16)25-33(29,30)21-15-18(31-2)11-12-20(21)32-3/h4,7-12,15,19,25H,1,5-6,13-14H2,2-3H3,(H,24,27)/t19-/m0/s1. The van der Waals surface area contributed by atoms with Crippen LogP contribution in [0.15, 0.2) is 60.0 Å². The zero-order valence-electron chi connectivity index (χ0n) is 18.5. The fourth-order valence-corrected chi connectivity index (χ4v) is 4.87. The molecular formula is C23H27N3O6S. The van der Waals surface area contributed by atoms with Gasteiger partial charge in [-0.2, -0.15) is 0 Å². The molecule has 1 fully saturated rings. The third kappa shape index (κ3) is 5.46. The van der Waals surface area contributed by atoms with Crippen molar-refractivity contribution in [3.05, 3.63) is 60.7 Å². The van der Waals surface area contributed by atoms with Crippen LogP contribution in [0.2, 0.25) is 0 Å². The SMILES string of the molecule is C=CCNC(=O)[C@@H]1CCCN1C(=O)c1ccc(NS(=O)(=O)c2cc(OC)ccc2OC)cc1. The van der Waals surface area contributed by atoms with Crippen LogP contribution < -0.4 is 19.5 Å². The van der Waals surface area contributed by atoms with Crippen molar-refractivity contribution in [1.29, 1.82) is 0 Å². The molecule has 2 aromatic carbocycles. The molecule has 2 aromatic rings. The summed E-state index contributed by atoms with van der Waals surface area (Å²) in [5.41, 5.74) is 0.637. The van der Waals surface area contributed by atoms with Crippen molar-refractivity contribution >= 4 is 27.5 Å². The number of rotatable bonds is 9. The Kier molecular flexibility index (Phi) is 7.59. The van der Waals surface area contributed by atoms with E-state index in [9.17, 15) is 18.0 Å². The molecule has 2 amide bonds. The largest absolute Gasteiger partial charge is 0.497 e. The molecule has 3 rings (SSSR count). The number of hydrogen-bond acceptors (Lipinski definition) is 6. The van der Waals surface area contributed by atoms with Gasteiger partial charge in [-0.3, -0.25) is 14.3 Å². The molecule has 1 heterocycles. The topological polar surface area (TPSA) is 114 Å². The molecule has 10 heteroatoms. The quantitative estimate of drug-likeness (QED) is 0.541. The molecule has 0 aromatic heterocycles. The molecule has 0 unspecified atom stereocenters. The second kappa shape index (κ2) is 10.4. The number of anilines is 1. The summed E-state index contributed by atoms with van der Waals surface area (Å²) in [5, 5.41) is 2.73. The minimum atomic E-state index is -3.98. The Morgan fingerprint density at radius 2 is 1.88 bits per heavy atom. The first-order valence-electron chi connectivity index (χ1n) is 10.3. The van der Waals surface area contributed by atoms with Crippen LogP contribution in [0.4, 0.5) is 5.69 Å². The van der Waals surface area contributed by atoms with E-state index < -0.39 is 16.1 Å². The van der Waals surface area contributed by atoms with Crippen LogP contribution in [0.1, 0.15) is 23.2 Å². The first-order valence-corrected chi connectivity index (χ1v) is 11.8. The second-order valence-electron chi connectivity index (χ2n) is 7.39. The molecule has 176 valence electrons. The Morgan fingerprint density at radius 1 is 1.15 bits per heavy atom. The molecule has 1 saturated heterocycles. The molecule has 0 radical (unpaired) electrons. The van der Waals surface area contributed by atoms with Gasteiger partial charge in [0, 0.05) is 30.4 Å². The summed E-state index contributed by atoms with van der Waals surface area (Å²) in [5.74, 6) is 0.0480. The highest BCUT2D eigenvalue weighted by Crippen LogP contribution is 2.30. The van der Waals surface area contributed by atoms with E-state index in [0.717, 1.165) is 6.42 Å². The van der Waals surface area contributed by atoms with Crippen LogP contribution in [0.25, 0.3) is 0 Å². The van der Waals surface area contributed by atoms with Crippen molar-refractivity contribution in [2.45, 2.75) is 23.8 Å². The number of carbonyl (C=O) groups excluding carboxylic acids is 2. The number of nitrogens with one attached hydrogen (secondary N) is 2. The fourth-order valence-electron chi connectivity index (χ4n) is 3.62. The highest BCUT2D eigenvalue weighted by Gasteiger charge is 2.34. The average molecular weight is 474 g/mol. The van der Waals surface area contributed by atoms with Gasteiger partial charge in [0.15, 0.2) is 0 Å². The van der Waals surface area contributed by atoms with E-state index in [0.29, 0.717) is 30.8 Å². The van der Waals surface area contributed by atoms with E-state index in [-0.39, 0.29) is 28.1 Å². The Bertz CT molecular complexity index is 1130. The van der Waals surface area contributed by atoms with Gasteiger partial charge in [0.25, 0.3) is 15.9 Å². The van der Waals surface area contributed by atoms with Gasteiger partial charge in [-0.1, -0.05) is 6.08 Å². The number of carbonyl (C=O) groups is 2. The summed E-state index contributed by atoms with van der Waals surface area (Å²) in [6.07, 6.45) is 2.91. The normalized spacial score (nSPS) is 15.6. The molecule has 0 saturated carbocycles. The van der Waals surface area contributed by atoms with Crippen LogP contribution in [-0.2, 0) is 14.8 Å². The minimum absolute atomic E-state index is 0.0741. The number of hydrogen-bond donors (Lipinski definition) is 2. The average Bonchev–Trinajstić information content (AvgIpc) is 3.32. The van der Waals surface area contributed by atoms with Gasteiger partial charge in [0.1, 0.15) is 22.4 Å². The van der Waals surface area contributed by atoms with Crippen molar-refractivity contribution in [3.8, 4) is 11.5 Å². The zero-order valence-corrected chi connectivity index (χ0v) is 19.4. The van der Waals surface area contributed by atoms with Gasteiger partial charge in [-0.05, 0) is 49.2 Å². The Labute approximate surface area is 193 Å². The molecule has 2 N–H and O–H groups in total. The summed E-state index contributed by atoms with van der Waals surface area (Å²) >= 11 is 0. The summed E-state index contributed by atoms with van der Waals surface area (Å²) in [4.78, 5) is 26.8. The number of sulfonamides is 1. The lowest BCUT2D eigenvalue weighted by molar-refractivity contribution is -0.124. The maximum atomic E-state index is 13.0. The second-order valence-corrected chi connectivity index (χ2v) is 9.04. The van der Waals surface area contributed by atoms with E-state index in [1.165, 1.54) is 50.6 Å². The number of nitrogens with zero attached hydrogens (tertiary/aromatic N) is 1. The van der Waals surface area contributed by atoms with E-state index in [1.54, 1.807) is 17.0 Å². The predicted octanol–water partition coefficient (Wildman–Crippen LogP) is 2.41. The molecule has 1 aliphatic heterocycles. The zero-order chi connectivity index (χ0) is 24.0. The van der Waals surface area contributed by atoms with Gasteiger partial charge in [0.05, 0.1) is 14.2 Å². The van der Waals surface area contributed by atoms with Gasteiger partial charge in [-0.25, -0.2) is 8.42 Å². The van der Waals surface area contributed by atoms with Crippen molar-refractivity contribution in [3.63, 3.8) is 0 Å². The molecule has 33 heavy (non-hydrogen) atoms. The number of ether oxygens (including phenoxy) is 2. The third-order valence-electron chi connectivity index (χ3n) is 5.28. The molecule has 1 aliphatic rings. The molecule has 1 atom stereocenters. The number of methoxy groups -OCH3 is 2. The lowest BCUT2D eigenvalue weighted by Gasteiger charge is -2.24. The van der Waals surface area contributed by atoms with Gasteiger partial charge < -0.3 is 19.7 Å². The maximum Gasteiger partial charge on any atom is 0.265 e. The smallest absolute Gasteiger partial charge is 0.265 e. The highest BCUT2D eigenvalue weighted by molar-refractivity contribution is 7.92. The Balaban J connectivity index is 1.76. The molecule has 0 bridgehead atoms. The van der Waals surface area contributed by atoms with E-state index in [1.807, 2.05) is 0 Å². The van der Waals surface area contributed by atoms with E-state index in [4.69, 9.17) is 9.47 Å². The first kappa shape index (κ1) is 24.1. The van der Waals surface area contributed by atoms with Crippen molar-refractivity contribution in [1.82, 2.24) is 10.2 Å². The third-order valence-corrected chi connectivity index (χ3v) is 6.68. The molecule has 0 aliphatic carbocycles. The molecular weight excluding hydrogens is 446 g/mol. The predicted molar refractivity (Wildman–Crippen MR) is 124 cm³/mol. The summed E-state index contributed by atoms with van der Waals surface area (Å²) in [6, 6.07) is 10.00. The number of amides is 2. The van der Waals surface area contributed by atoms with Gasteiger partial charge in [-0.15, -0.1) is 6.58 Å². The maximum absolute atomic E-state index is 13.0. The minimum Gasteiger partial charge on any atom is -0.497 e. The van der Waals surface area contributed by atoms with E-state index in [2.05, 4.69) is 16.6 Å². The number of benzene rings is 2. The van der Waals surface area contributed by atoms with Crippen LogP contribution in [0.3, 0.4) is 0 Å². The molecule has 9 nitrogen and oxygen atoms in total. The van der Waals surface area contributed by atoms with Crippen LogP contribution >= 0.6 is 0 Å². The van der Waals surface area contributed by atoms with Gasteiger partial charge >= 0.3 is 0 Å². The lowest BCUT2D eigenvalue weighted by atomic mass is 10.1. The summed E-state index contributed by atoms with van der Waals surface area (Å²) in [6.45, 7) is 4.39. The van der Waals surface area contributed by atoms with Crippen LogP contribution in [0.5, 0.6) is 11.5 Å². The van der Waals surface area contributed by atoms with E-state index >= 15 is 0 Å². The number of likely N-dealkylation sites (tertiary alicyclic amines) is 1. The Morgan fingerprint density at radius 3 is 2.52 bits per heavy atom. The van der Waals surface area contributed by atoms with Crippen molar-refractivity contribution < 1.29 is 27.5 Å². The van der Waals surface area contributed by atoms with Gasteiger partial charge in [0.2, 0.25) is 5.91 Å². The van der Waals surface area contributed by atoms with Crippen LogP contribution in [-0.4, -0.2) is 58.5 Å². The lowest BCUT2D eigenvalue weighted by Crippen LogP contribution is -2.46. The highest BCUT2D eigenvalue weighted by atomic mass is 32.2. The first-order chi connectivity index (χ1) is 15.8. The Hall–Kier alpha value is -3.53. The summed E-state index contributed by atoms with van der Waals surface area (Å²) < 4.78 is 38.6. The van der Waals surface area contributed by atoms with Crippen LogP contribution in [0, 0.1) is 0 Å². The summed E-state index contributed by atoms with van der Waals surface area (Å²) in [7, 11) is -1.16. The monoisotopic (exact) mass is 473 g/mol. The van der Waals surface area contributed by atoms with Crippen molar-refractivity contribution in [2.24, 2.45) is 0 Å². The fraction of sp³-hybridized carbons (Fsp3) is 0.304. The molecule has 0 spiro atoms.